The van der Waals surface area contributed by atoms with Crippen LogP contribution >= 0.6 is 8.58 Å². The standard InChI is InChI=1S/C4H11O2P/c1-5-3-6-4-7-2/h7H,3-4H2,1-2H3. The van der Waals surface area contributed by atoms with Gasteiger partial charge in [-0.2, -0.15) is 0 Å². The second kappa shape index (κ2) is 6.35. The van der Waals surface area contributed by atoms with Crippen molar-refractivity contribution in [1.82, 2.24) is 0 Å². The van der Waals surface area contributed by atoms with Gasteiger partial charge in [-0.25, -0.2) is 0 Å². The van der Waals surface area contributed by atoms with Crippen molar-refractivity contribution in [2.24, 2.45) is 0 Å². The third kappa shape index (κ3) is 6.35. The van der Waals surface area contributed by atoms with Crippen LogP contribution in [0.5, 0.6) is 0 Å². The topological polar surface area (TPSA) is 18.5 Å². The first-order chi connectivity index (χ1) is 3.41. The summed E-state index contributed by atoms with van der Waals surface area (Å²) in [6.45, 7) is 2.52. The fraction of sp³-hybridized carbons (Fsp3) is 1.00. The molecule has 0 amide bonds. The molecular weight excluding hydrogens is 111 g/mol. The van der Waals surface area contributed by atoms with Gasteiger partial charge in [0, 0.05) is 7.11 Å². The maximum Gasteiger partial charge on any atom is 0.146 e. The molecule has 3 heteroatoms. The van der Waals surface area contributed by atoms with E-state index in [0.717, 1.165) is 14.9 Å². The predicted octanol–water partition coefficient (Wildman–Crippen LogP) is 0.873. The van der Waals surface area contributed by atoms with E-state index in [1.165, 1.54) is 0 Å². The highest BCUT2D eigenvalue weighted by molar-refractivity contribution is 7.36. The lowest BCUT2D eigenvalue weighted by Gasteiger charge is -1.96. The SMILES string of the molecule is COCOCPC. The van der Waals surface area contributed by atoms with Gasteiger partial charge in [-0.3, -0.25) is 0 Å². The van der Waals surface area contributed by atoms with Crippen LogP contribution in [0.15, 0.2) is 0 Å². The van der Waals surface area contributed by atoms with E-state index in [4.69, 9.17) is 4.74 Å². The molecule has 0 aliphatic carbocycles. The normalized spacial score (nSPS) is 11.1. The molecule has 0 aromatic carbocycles. The summed E-state index contributed by atoms with van der Waals surface area (Å²) in [6.07, 6.45) is 0.827. The number of methoxy groups -OCH3 is 1. The second-order valence-electron chi connectivity index (χ2n) is 1.11. The van der Waals surface area contributed by atoms with Crippen molar-refractivity contribution in [3.63, 3.8) is 0 Å². The first-order valence-electron chi connectivity index (χ1n) is 2.13. The first-order valence-corrected chi connectivity index (χ1v) is 3.83. The zero-order valence-electron chi connectivity index (χ0n) is 4.73. The van der Waals surface area contributed by atoms with Gasteiger partial charge in [0.2, 0.25) is 0 Å². The molecule has 0 aromatic rings. The lowest BCUT2D eigenvalue weighted by atomic mass is 11.4. The minimum atomic E-state index is 0.431. The van der Waals surface area contributed by atoms with Gasteiger partial charge in [-0.15, -0.1) is 0 Å². The Morgan fingerprint density at radius 2 is 2.29 bits per heavy atom. The maximum atomic E-state index is 4.92. The minimum Gasteiger partial charge on any atom is -0.359 e. The van der Waals surface area contributed by atoms with E-state index in [9.17, 15) is 0 Å². The average molecular weight is 122 g/mol. The van der Waals surface area contributed by atoms with Crippen LogP contribution in [0.4, 0.5) is 0 Å². The zero-order chi connectivity index (χ0) is 5.54. The summed E-state index contributed by atoms with van der Waals surface area (Å²) >= 11 is 0. The minimum absolute atomic E-state index is 0.431. The summed E-state index contributed by atoms with van der Waals surface area (Å²) < 4.78 is 9.55. The van der Waals surface area contributed by atoms with E-state index in [1.807, 2.05) is 0 Å². The molecule has 2 nitrogen and oxygen atoms in total. The van der Waals surface area contributed by atoms with Crippen LogP contribution < -0.4 is 0 Å². The number of ether oxygens (including phenoxy) is 2. The van der Waals surface area contributed by atoms with Gasteiger partial charge >= 0.3 is 0 Å². The van der Waals surface area contributed by atoms with Crippen LogP contribution in [-0.2, 0) is 9.47 Å². The van der Waals surface area contributed by atoms with Crippen LogP contribution in [0.3, 0.4) is 0 Å². The van der Waals surface area contributed by atoms with Crippen LogP contribution in [0.2, 0.25) is 0 Å². The molecule has 0 heterocycles. The highest BCUT2D eigenvalue weighted by Gasteiger charge is 1.76. The fourth-order valence-electron chi connectivity index (χ4n) is 0.227. The molecule has 0 rings (SSSR count). The molecule has 1 atom stereocenters. The molecule has 1 unspecified atom stereocenters. The van der Waals surface area contributed by atoms with E-state index in [-0.39, 0.29) is 0 Å². The van der Waals surface area contributed by atoms with Crippen LogP contribution in [0, 0.1) is 0 Å². The average Bonchev–Trinajstić information content (AvgIpc) is 1.69. The Bertz CT molecular complexity index is 28.9. The number of hydrogen-bond acceptors (Lipinski definition) is 2. The summed E-state index contributed by atoms with van der Waals surface area (Å²) in [5.41, 5.74) is 0. The Morgan fingerprint density at radius 3 is 2.71 bits per heavy atom. The van der Waals surface area contributed by atoms with Crippen LogP contribution in [0.25, 0.3) is 0 Å². The Morgan fingerprint density at radius 1 is 1.57 bits per heavy atom. The Kier molecular flexibility index (Phi) is 6.67. The third-order valence-electron chi connectivity index (χ3n) is 0.448. The molecule has 0 aliphatic heterocycles. The molecule has 0 bridgehead atoms. The Hall–Kier alpha value is 0.350. The molecule has 0 radical (unpaired) electrons. The third-order valence-corrected chi connectivity index (χ3v) is 0.940. The summed E-state index contributed by atoms with van der Waals surface area (Å²) in [7, 11) is 2.49. The molecule has 0 saturated carbocycles. The molecule has 0 aliphatic rings. The van der Waals surface area contributed by atoms with Gasteiger partial charge in [0.05, 0.1) is 6.35 Å². The van der Waals surface area contributed by atoms with Crippen molar-refractivity contribution in [3.8, 4) is 0 Å². The second-order valence-corrected chi connectivity index (χ2v) is 2.10. The summed E-state index contributed by atoms with van der Waals surface area (Å²) in [5, 5.41) is 0. The first kappa shape index (κ1) is 7.35. The van der Waals surface area contributed by atoms with Crippen molar-refractivity contribution >= 4 is 8.58 Å². The van der Waals surface area contributed by atoms with Gasteiger partial charge in [-0.05, 0) is 6.66 Å². The van der Waals surface area contributed by atoms with E-state index in [0.29, 0.717) is 6.79 Å². The summed E-state index contributed by atoms with van der Waals surface area (Å²) in [4.78, 5) is 0. The van der Waals surface area contributed by atoms with Gasteiger partial charge < -0.3 is 9.47 Å². The molecule has 44 valence electrons. The van der Waals surface area contributed by atoms with Crippen molar-refractivity contribution in [2.45, 2.75) is 0 Å². The number of rotatable bonds is 4. The molecule has 0 fully saturated rings. The monoisotopic (exact) mass is 122 g/mol. The Balaban J connectivity index is 2.45. The Labute approximate surface area is 46.0 Å². The van der Waals surface area contributed by atoms with Crippen molar-refractivity contribution in [1.29, 1.82) is 0 Å². The van der Waals surface area contributed by atoms with Crippen LogP contribution in [-0.4, -0.2) is 26.9 Å². The van der Waals surface area contributed by atoms with Gasteiger partial charge in [0.25, 0.3) is 0 Å². The lowest BCUT2D eigenvalue weighted by molar-refractivity contribution is -0.0104. The fourth-order valence-corrected chi connectivity index (χ4v) is 0.515. The highest BCUT2D eigenvalue weighted by Crippen LogP contribution is 1.99. The van der Waals surface area contributed by atoms with E-state index in [1.54, 1.807) is 7.11 Å². The molecule has 0 aromatic heterocycles. The molecule has 0 saturated heterocycles. The van der Waals surface area contributed by atoms with Crippen molar-refractivity contribution in [2.75, 3.05) is 26.9 Å². The molecular formula is C4H11O2P. The smallest absolute Gasteiger partial charge is 0.146 e. The van der Waals surface area contributed by atoms with Gasteiger partial charge in [-0.1, -0.05) is 8.58 Å². The quantitative estimate of drug-likeness (QED) is 0.313. The van der Waals surface area contributed by atoms with Gasteiger partial charge in [0.1, 0.15) is 6.79 Å². The predicted molar refractivity (Wildman–Crippen MR) is 32.1 cm³/mol. The number of hydrogen-bond donors (Lipinski definition) is 0. The van der Waals surface area contributed by atoms with E-state index in [2.05, 4.69) is 11.4 Å². The van der Waals surface area contributed by atoms with Crippen LogP contribution in [0.1, 0.15) is 0 Å². The lowest BCUT2D eigenvalue weighted by Crippen LogP contribution is -1.92. The molecule has 0 spiro atoms. The van der Waals surface area contributed by atoms with Gasteiger partial charge in [0.15, 0.2) is 0 Å². The van der Waals surface area contributed by atoms with Crippen molar-refractivity contribution in [3.05, 3.63) is 0 Å². The molecule has 7 heavy (non-hydrogen) atoms. The zero-order valence-corrected chi connectivity index (χ0v) is 5.73. The van der Waals surface area contributed by atoms with Crippen molar-refractivity contribution < 1.29 is 9.47 Å². The maximum absolute atomic E-state index is 4.92. The van der Waals surface area contributed by atoms with E-state index < -0.39 is 0 Å². The molecule has 0 N–H and O–H groups in total. The highest BCUT2D eigenvalue weighted by atomic mass is 31.1. The largest absolute Gasteiger partial charge is 0.359 e. The summed E-state index contributed by atoms with van der Waals surface area (Å²) in [5.74, 6) is 0. The summed E-state index contributed by atoms with van der Waals surface area (Å²) in [6, 6.07) is 0. The van der Waals surface area contributed by atoms with E-state index >= 15 is 0 Å².